The Bertz CT molecular complexity index is 456. The van der Waals surface area contributed by atoms with E-state index in [1.165, 1.54) is 16.7 Å². The van der Waals surface area contributed by atoms with Crippen molar-refractivity contribution in [1.29, 1.82) is 0 Å². The van der Waals surface area contributed by atoms with E-state index in [2.05, 4.69) is 29.3 Å². The van der Waals surface area contributed by atoms with Crippen molar-refractivity contribution in [3.05, 3.63) is 40.5 Å². The van der Waals surface area contributed by atoms with Crippen LogP contribution in [-0.2, 0) is 13.0 Å². The first-order valence-corrected chi connectivity index (χ1v) is 5.97. The standard InChI is InChI=1S/C12H12N2.C2H6/c13-12-11-6-9-4-2-1-3-8(9)5-10(11)7-14-12;1-2/h1,3,5-6H,2,4,7H2,(H2,13,14);1-2H3. The summed E-state index contributed by atoms with van der Waals surface area (Å²) in [5.41, 5.74) is 11.0. The molecular formula is C14H18N2. The second kappa shape index (κ2) is 4.52. The summed E-state index contributed by atoms with van der Waals surface area (Å²) in [6, 6.07) is 4.43. The molecule has 1 aliphatic heterocycles. The monoisotopic (exact) mass is 214 g/mol. The number of allylic oxidation sites excluding steroid dienone is 1. The van der Waals surface area contributed by atoms with E-state index in [9.17, 15) is 0 Å². The Kier molecular flexibility index (Phi) is 3.09. The highest BCUT2D eigenvalue weighted by Crippen LogP contribution is 2.26. The first kappa shape index (κ1) is 10.9. The number of amidine groups is 1. The summed E-state index contributed by atoms with van der Waals surface area (Å²) in [6.45, 7) is 4.75. The molecule has 2 heteroatoms. The number of fused-ring (bicyclic) bond motifs is 2. The van der Waals surface area contributed by atoms with Crippen LogP contribution < -0.4 is 5.73 Å². The normalized spacial score (nSPS) is 15.8. The maximum atomic E-state index is 5.81. The second-order valence-corrected chi connectivity index (χ2v) is 3.85. The summed E-state index contributed by atoms with van der Waals surface area (Å²) in [6.07, 6.45) is 6.71. The van der Waals surface area contributed by atoms with Crippen LogP contribution in [0.4, 0.5) is 0 Å². The van der Waals surface area contributed by atoms with Crippen LogP contribution in [0.1, 0.15) is 42.5 Å². The van der Waals surface area contributed by atoms with E-state index < -0.39 is 0 Å². The van der Waals surface area contributed by atoms with Crippen molar-refractivity contribution in [2.75, 3.05) is 0 Å². The van der Waals surface area contributed by atoms with E-state index in [4.69, 9.17) is 5.73 Å². The van der Waals surface area contributed by atoms with Gasteiger partial charge in [-0.25, -0.2) is 0 Å². The Hall–Kier alpha value is -1.57. The molecule has 0 radical (unpaired) electrons. The van der Waals surface area contributed by atoms with E-state index in [0.717, 1.165) is 24.9 Å². The molecule has 0 saturated heterocycles. The summed E-state index contributed by atoms with van der Waals surface area (Å²) in [7, 11) is 0. The minimum absolute atomic E-state index is 0.706. The number of rotatable bonds is 0. The van der Waals surface area contributed by atoms with Crippen LogP contribution in [0.3, 0.4) is 0 Å². The zero-order valence-corrected chi connectivity index (χ0v) is 9.96. The molecule has 0 atom stereocenters. The maximum Gasteiger partial charge on any atom is 0.126 e. The van der Waals surface area contributed by atoms with Gasteiger partial charge in [0.15, 0.2) is 0 Å². The van der Waals surface area contributed by atoms with Gasteiger partial charge in [-0.2, -0.15) is 0 Å². The quantitative estimate of drug-likeness (QED) is 0.708. The molecule has 1 aliphatic carbocycles. The van der Waals surface area contributed by atoms with E-state index >= 15 is 0 Å². The van der Waals surface area contributed by atoms with Crippen molar-refractivity contribution in [2.45, 2.75) is 33.2 Å². The molecule has 0 bridgehead atoms. The Morgan fingerprint density at radius 2 is 2.00 bits per heavy atom. The predicted octanol–water partition coefficient (Wildman–Crippen LogP) is 2.89. The van der Waals surface area contributed by atoms with E-state index in [-0.39, 0.29) is 0 Å². The largest absolute Gasteiger partial charge is 0.383 e. The van der Waals surface area contributed by atoms with Gasteiger partial charge < -0.3 is 5.73 Å². The topological polar surface area (TPSA) is 38.4 Å². The van der Waals surface area contributed by atoms with Crippen molar-refractivity contribution >= 4 is 11.9 Å². The lowest BCUT2D eigenvalue weighted by Gasteiger charge is -2.12. The first-order valence-electron chi connectivity index (χ1n) is 5.97. The molecule has 3 rings (SSSR count). The maximum absolute atomic E-state index is 5.81. The Morgan fingerprint density at radius 3 is 2.81 bits per heavy atom. The zero-order chi connectivity index (χ0) is 11.5. The van der Waals surface area contributed by atoms with Crippen LogP contribution in [0.2, 0.25) is 0 Å². The third-order valence-electron chi connectivity index (χ3n) is 2.94. The van der Waals surface area contributed by atoms with Crippen LogP contribution >= 0.6 is 0 Å². The minimum atomic E-state index is 0.706. The van der Waals surface area contributed by atoms with Gasteiger partial charge in [-0.15, -0.1) is 0 Å². The molecule has 16 heavy (non-hydrogen) atoms. The fraction of sp³-hybridized carbons (Fsp3) is 0.357. The van der Waals surface area contributed by atoms with Crippen LogP contribution in [0, 0.1) is 0 Å². The van der Waals surface area contributed by atoms with E-state index in [1.807, 2.05) is 13.8 Å². The molecule has 0 fully saturated rings. The summed E-state index contributed by atoms with van der Waals surface area (Å²) < 4.78 is 0. The fourth-order valence-electron chi connectivity index (χ4n) is 2.15. The second-order valence-electron chi connectivity index (χ2n) is 3.85. The summed E-state index contributed by atoms with van der Waals surface area (Å²) >= 11 is 0. The van der Waals surface area contributed by atoms with Crippen LogP contribution in [0.5, 0.6) is 0 Å². The van der Waals surface area contributed by atoms with Gasteiger partial charge in [0.2, 0.25) is 0 Å². The minimum Gasteiger partial charge on any atom is -0.383 e. The third-order valence-corrected chi connectivity index (χ3v) is 2.94. The Labute approximate surface area is 96.9 Å². The van der Waals surface area contributed by atoms with Crippen LogP contribution in [0.25, 0.3) is 6.08 Å². The van der Waals surface area contributed by atoms with Gasteiger partial charge in [0.1, 0.15) is 5.84 Å². The molecule has 84 valence electrons. The number of aryl methyl sites for hydroxylation is 1. The van der Waals surface area contributed by atoms with Crippen LogP contribution in [-0.4, -0.2) is 5.84 Å². The smallest absolute Gasteiger partial charge is 0.126 e. The molecule has 1 aromatic rings. The first-order chi connectivity index (χ1) is 7.84. The third kappa shape index (κ3) is 1.75. The average Bonchev–Trinajstić information content (AvgIpc) is 2.71. The van der Waals surface area contributed by atoms with Crippen molar-refractivity contribution in [3.63, 3.8) is 0 Å². The summed E-state index contributed by atoms with van der Waals surface area (Å²) in [4.78, 5) is 4.25. The zero-order valence-electron chi connectivity index (χ0n) is 9.96. The molecule has 0 spiro atoms. The lowest BCUT2D eigenvalue weighted by Crippen LogP contribution is -2.11. The Balaban J connectivity index is 0.000000457. The number of nitrogens with two attached hydrogens (primary N) is 1. The SMILES string of the molecule is CC.NC1=NCc2cc3c(cc21)CCC=C3. The number of nitrogens with zero attached hydrogens (tertiary/aromatic N) is 1. The fourth-order valence-corrected chi connectivity index (χ4v) is 2.15. The summed E-state index contributed by atoms with van der Waals surface area (Å²) in [5, 5.41) is 0. The van der Waals surface area contributed by atoms with E-state index in [1.54, 1.807) is 0 Å². The van der Waals surface area contributed by atoms with E-state index in [0.29, 0.717) is 5.84 Å². The van der Waals surface area contributed by atoms with Gasteiger partial charge in [0, 0.05) is 5.56 Å². The van der Waals surface area contributed by atoms with Gasteiger partial charge in [0.25, 0.3) is 0 Å². The average molecular weight is 214 g/mol. The van der Waals surface area contributed by atoms with Gasteiger partial charge in [-0.3, -0.25) is 4.99 Å². The predicted molar refractivity (Wildman–Crippen MR) is 69.6 cm³/mol. The molecule has 0 saturated carbocycles. The molecule has 2 N–H and O–H groups in total. The molecule has 2 nitrogen and oxygen atoms in total. The van der Waals surface area contributed by atoms with Gasteiger partial charge in [-0.1, -0.05) is 26.0 Å². The molecule has 0 unspecified atom stereocenters. The number of hydrogen-bond acceptors (Lipinski definition) is 2. The van der Waals surface area contributed by atoms with Crippen LogP contribution in [0.15, 0.2) is 23.2 Å². The molecule has 0 aromatic heterocycles. The highest BCUT2D eigenvalue weighted by Gasteiger charge is 2.16. The lowest BCUT2D eigenvalue weighted by atomic mass is 9.93. The number of hydrogen-bond donors (Lipinski definition) is 1. The van der Waals surface area contributed by atoms with Crippen molar-refractivity contribution in [2.24, 2.45) is 10.7 Å². The highest BCUT2D eigenvalue weighted by atomic mass is 14.9. The Morgan fingerprint density at radius 1 is 1.19 bits per heavy atom. The van der Waals surface area contributed by atoms with Crippen molar-refractivity contribution in [3.8, 4) is 0 Å². The van der Waals surface area contributed by atoms with Gasteiger partial charge >= 0.3 is 0 Å². The van der Waals surface area contributed by atoms with Crippen molar-refractivity contribution < 1.29 is 0 Å². The summed E-state index contributed by atoms with van der Waals surface area (Å²) in [5.74, 6) is 0.706. The molecule has 0 amide bonds. The van der Waals surface area contributed by atoms with Gasteiger partial charge in [-0.05, 0) is 41.7 Å². The number of benzene rings is 1. The molecule has 2 aliphatic rings. The van der Waals surface area contributed by atoms with Gasteiger partial charge in [0.05, 0.1) is 6.54 Å². The number of aliphatic imine (C=N–C) groups is 1. The molecular weight excluding hydrogens is 196 g/mol. The molecule has 1 aromatic carbocycles. The lowest BCUT2D eigenvalue weighted by molar-refractivity contribution is 0.980. The highest BCUT2D eigenvalue weighted by molar-refractivity contribution is 6.01. The van der Waals surface area contributed by atoms with Crippen molar-refractivity contribution in [1.82, 2.24) is 0 Å². The molecule has 1 heterocycles.